The number of ether oxygens (including phenoxy) is 2. The van der Waals surface area contributed by atoms with Crippen LogP contribution in [0.5, 0.6) is 5.75 Å². The Labute approximate surface area is 95.9 Å². The summed E-state index contributed by atoms with van der Waals surface area (Å²) in [7, 11) is -3.87. The number of benzene rings is 1. The fourth-order valence-corrected chi connectivity index (χ4v) is 1.89. The van der Waals surface area contributed by atoms with Crippen LogP contribution in [0, 0.1) is 5.82 Å². The smallest absolute Gasteiger partial charge is 0.335 e. The van der Waals surface area contributed by atoms with Crippen LogP contribution in [-0.2, 0) is 15.0 Å². The fraction of sp³-hybridized carbons (Fsp3) is 0.250. The fourth-order valence-electron chi connectivity index (χ4n) is 0.976. The molecule has 0 unspecified atom stereocenters. The van der Waals surface area contributed by atoms with Crippen LogP contribution in [0.25, 0.3) is 0 Å². The van der Waals surface area contributed by atoms with Gasteiger partial charge in [-0.3, -0.25) is 0 Å². The molecule has 0 atom stereocenters. The number of methoxy groups -OCH3 is 1. The van der Waals surface area contributed by atoms with Crippen LogP contribution < -0.4 is 4.74 Å². The van der Waals surface area contributed by atoms with Gasteiger partial charge >= 0.3 is 10.2 Å². The molecule has 0 aromatic heterocycles. The van der Waals surface area contributed by atoms with Gasteiger partial charge in [0.2, 0.25) is 0 Å². The van der Waals surface area contributed by atoms with Crippen molar-refractivity contribution in [1.29, 1.82) is 0 Å². The molecule has 0 amide bonds. The Morgan fingerprint density at radius 1 is 1.44 bits per heavy atom. The predicted molar refractivity (Wildman–Crippen MR) is 52.2 cm³/mol. The molecular formula is C8H7ClF2O4S. The molecule has 0 aliphatic heterocycles. The maximum absolute atomic E-state index is 13.3. The highest BCUT2D eigenvalue weighted by molar-refractivity contribution is 7.86. The van der Waals surface area contributed by atoms with Gasteiger partial charge in [0.05, 0.1) is 0 Å². The summed E-state index contributed by atoms with van der Waals surface area (Å²) in [6.07, 6.45) is 0. The van der Waals surface area contributed by atoms with Crippen molar-refractivity contribution in [2.75, 3.05) is 13.9 Å². The Bertz CT molecular complexity index is 489. The molecule has 0 aliphatic rings. The standard InChI is InChI=1S/C8H7ClF2O4S/c1-14-4-15-8-6(10)2-5(9)3-7(8)16(11,12)13/h2-3H,4H2,1H3. The average molecular weight is 273 g/mol. The van der Waals surface area contributed by atoms with Crippen LogP contribution in [0.2, 0.25) is 5.02 Å². The lowest BCUT2D eigenvalue weighted by Gasteiger charge is -2.09. The molecule has 0 heterocycles. The van der Waals surface area contributed by atoms with Crippen LogP contribution >= 0.6 is 11.6 Å². The molecule has 0 saturated heterocycles. The van der Waals surface area contributed by atoms with E-state index in [1.165, 1.54) is 7.11 Å². The van der Waals surface area contributed by atoms with Gasteiger partial charge in [-0.25, -0.2) is 4.39 Å². The third-order valence-electron chi connectivity index (χ3n) is 1.56. The van der Waals surface area contributed by atoms with E-state index in [1.807, 2.05) is 0 Å². The first-order valence-electron chi connectivity index (χ1n) is 3.91. The number of rotatable bonds is 4. The molecule has 0 spiro atoms. The minimum Gasteiger partial charge on any atom is -0.463 e. The molecule has 1 rings (SSSR count). The molecule has 0 fully saturated rings. The second-order valence-electron chi connectivity index (χ2n) is 2.70. The van der Waals surface area contributed by atoms with E-state index in [0.29, 0.717) is 0 Å². The van der Waals surface area contributed by atoms with Gasteiger partial charge < -0.3 is 9.47 Å². The first kappa shape index (κ1) is 13.1. The van der Waals surface area contributed by atoms with E-state index >= 15 is 0 Å². The molecule has 0 N–H and O–H groups in total. The lowest BCUT2D eigenvalue weighted by molar-refractivity contribution is 0.0460. The predicted octanol–water partition coefficient (Wildman–Crippen LogP) is 2.12. The summed E-state index contributed by atoms with van der Waals surface area (Å²) in [5, 5.41) is -0.251. The number of hydrogen-bond donors (Lipinski definition) is 0. The van der Waals surface area contributed by atoms with Crippen molar-refractivity contribution >= 4 is 21.8 Å². The van der Waals surface area contributed by atoms with Crippen molar-refractivity contribution in [3.63, 3.8) is 0 Å². The zero-order valence-electron chi connectivity index (χ0n) is 8.04. The lowest BCUT2D eigenvalue weighted by atomic mass is 10.3. The SMILES string of the molecule is COCOc1c(F)cc(Cl)cc1S(=O)(=O)F. The molecule has 4 nitrogen and oxygen atoms in total. The zero-order chi connectivity index (χ0) is 12.3. The number of hydrogen-bond acceptors (Lipinski definition) is 4. The van der Waals surface area contributed by atoms with Gasteiger partial charge in [0, 0.05) is 12.1 Å². The lowest BCUT2D eigenvalue weighted by Crippen LogP contribution is -2.05. The van der Waals surface area contributed by atoms with Crippen LogP contribution in [0.3, 0.4) is 0 Å². The summed E-state index contributed by atoms with van der Waals surface area (Å²) in [4.78, 5) is -0.963. The summed E-state index contributed by atoms with van der Waals surface area (Å²) >= 11 is 5.40. The van der Waals surface area contributed by atoms with Crippen LogP contribution in [0.1, 0.15) is 0 Å². The minimum absolute atomic E-state index is 0.251. The summed E-state index contributed by atoms with van der Waals surface area (Å²) in [5.74, 6) is -1.84. The Morgan fingerprint density at radius 3 is 2.56 bits per heavy atom. The second kappa shape index (κ2) is 4.94. The van der Waals surface area contributed by atoms with Crippen LogP contribution in [-0.4, -0.2) is 22.3 Å². The molecule has 0 saturated carbocycles. The summed E-state index contributed by atoms with van der Waals surface area (Å²) in [5.41, 5.74) is 0. The molecule has 8 heteroatoms. The quantitative estimate of drug-likeness (QED) is 0.622. The normalized spacial score (nSPS) is 11.5. The Hall–Kier alpha value is -0.920. The highest BCUT2D eigenvalue weighted by Gasteiger charge is 2.23. The van der Waals surface area contributed by atoms with Gasteiger partial charge in [0.25, 0.3) is 0 Å². The Kier molecular flexibility index (Phi) is 4.06. The van der Waals surface area contributed by atoms with Gasteiger partial charge in [-0.05, 0) is 12.1 Å². The van der Waals surface area contributed by atoms with E-state index in [0.717, 1.165) is 12.1 Å². The van der Waals surface area contributed by atoms with E-state index in [4.69, 9.17) is 11.6 Å². The third kappa shape index (κ3) is 3.03. The maximum atomic E-state index is 13.3. The van der Waals surface area contributed by atoms with Gasteiger partial charge in [-0.2, -0.15) is 8.42 Å². The Balaban J connectivity index is 3.33. The van der Waals surface area contributed by atoms with Gasteiger partial charge in [-0.1, -0.05) is 11.6 Å². The number of halogens is 3. The molecule has 90 valence electrons. The average Bonchev–Trinajstić information content (AvgIpc) is 2.14. The van der Waals surface area contributed by atoms with Crippen molar-refractivity contribution in [3.05, 3.63) is 23.0 Å². The highest BCUT2D eigenvalue weighted by Crippen LogP contribution is 2.31. The molecule has 1 aromatic rings. The van der Waals surface area contributed by atoms with Gasteiger partial charge in [-0.15, -0.1) is 3.89 Å². The first-order valence-corrected chi connectivity index (χ1v) is 5.68. The first-order chi connectivity index (χ1) is 7.36. The molecule has 16 heavy (non-hydrogen) atoms. The Morgan fingerprint density at radius 2 is 2.06 bits per heavy atom. The van der Waals surface area contributed by atoms with E-state index in [2.05, 4.69) is 9.47 Å². The van der Waals surface area contributed by atoms with E-state index < -0.39 is 33.5 Å². The summed E-state index contributed by atoms with van der Waals surface area (Å²) in [6, 6.07) is 1.56. The molecule has 0 radical (unpaired) electrons. The van der Waals surface area contributed by atoms with Crippen molar-refractivity contribution in [3.8, 4) is 5.75 Å². The van der Waals surface area contributed by atoms with Crippen LogP contribution in [0.4, 0.5) is 8.28 Å². The molecule has 0 bridgehead atoms. The van der Waals surface area contributed by atoms with Gasteiger partial charge in [0.1, 0.15) is 4.90 Å². The summed E-state index contributed by atoms with van der Waals surface area (Å²) in [6.45, 7) is -0.416. The molecule has 1 aromatic carbocycles. The van der Waals surface area contributed by atoms with Crippen molar-refractivity contribution in [1.82, 2.24) is 0 Å². The van der Waals surface area contributed by atoms with E-state index in [9.17, 15) is 16.7 Å². The maximum Gasteiger partial charge on any atom is 0.335 e. The van der Waals surface area contributed by atoms with Crippen molar-refractivity contribution in [2.45, 2.75) is 4.90 Å². The molecular weight excluding hydrogens is 266 g/mol. The topological polar surface area (TPSA) is 52.6 Å². The van der Waals surface area contributed by atoms with Crippen LogP contribution in [0.15, 0.2) is 17.0 Å². The highest BCUT2D eigenvalue weighted by atomic mass is 35.5. The summed E-state index contributed by atoms with van der Waals surface area (Å²) < 4.78 is 56.6. The van der Waals surface area contributed by atoms with E-state index in [-0.39, 0.29) is 5.02 Å². The second-order valence-corrected chi connectivity index (χ2v) is 4.46. The minimum atomic E-state index is -5.11. The zero-order valence-corrected chi connectivity index (χ0v) is 9.61. The monoisotopic (exact) mass is 272 g/mol. The van der Waals surface area contributed by atoms with Gasteiger partial charge in [0.15, 0.2) is 18.4 Å². The third-order valence-corrected chi connectivity index (χ3v) is 2.60. The molecule has 0 aliphatic carbocycles. The largest absolute Gasteiger partial charge is 0.463 e. The van der Waals surface area contributed by atoms with Crippen molar-refractivity contribution in [2.24, 2.45) is 0 Å². The van der Waals surface area contributed by atoms with E-state index in [1.54, 1.807) is 0 Å². The van der Waals surface area contributed by atoms with Crippen molar-refractivity contribution < 1.29 is 26.2 Å².